The SMILES string of the molecule is c1ccc(N2c3ccccc3B3c4sc5ccccc5c4N(c4ccccc4)c4c3c2cc2c3cccc5c6ccccc6n(c42)c53)cc1. The van der Waals surface area contributed by atoms with E-state index in [9.17, 15) is 0 Å². The van der Waals surface area contributed by atoms with Crippen molar-refractivity contribution in [3.63, 3.8) is 0 Å². The van der Waals surface area contributed by atoms with Gasteiger partial charge in [0.1, 0.15) is 0 Å². The van der Waals surface area contributed by atoms with Crippen LogP contribution in [0.1, 0.15) is 0 Å². The largest absolute Gasteiger partial charge is 0.311 e. The van der Waals surface area contributed by atoms with Gasteiger partial charge in [-0.3, -0.25) is 0 Å². The van der Waals surface area contributed by atoms with Crippen LogP contribution >= 0.6 is 11.3 Å². The van der Waals surface area contributed by atoms with Gasteiger partial charge in [-0.15, -0.1) is 11.3 Å². The first kappa shape index (κ1) is 26.0. The smallest absolute Gasteiger partial charge is 0.264 e. The van der Waals surface area contributed by atoms with E-state index in [-0.39, 0.29) is 6.71 Å². The van der Waals surface area contributed by atoms with Gasteiger partial charge >= 0.3 is 0 Å². The van der Waals surface area contributed by atoms with Gasteiger partial charge in [0.05, 0.1) is 27.9 Å². The van der Waals surface area contributed by atoms with Crippen molar-refractivity contribution in [2.24, 2.45) is 0 Å². The summed E-state index contributed by atoms with van der Waals surface area (Å²) in [7, 11) is 0. The third-order valence-corrected chi connectivity index (χ3v) is 12.1. The molecule has 0 aliphatic carbocycles. The Morgan fingerprint density at radius 1 is 0.449 bits per heavy atom. The number of rotatable bonds is 2. The minimum Gasteiger partial charge on any atom is -0.311 e. The van der Waals surface area contributed by atoms with Crippen LogP contribution in [0.15, 0.2) is 158 Å². The third-order valence-electron chi connectivity index (χ3n) is 10.9. The number of benzene rings is 7. The summed E-state index contributed by atoms with van der Waals surface area (Å²) in [6.07, 6.45) is 0. The molecule has 0 radical (unpaired) electrons. The van der Waals surface area contributed by atoms with E-state index < -0.39 is 0 Å². The van der Waals surface area contributed by atoms with Crippen LogP contribution in [0.3, 0.4) is 0 Å². The van der Waals surface area contributed by atoms with Crippen LogP contribution in [-0.2, 0) is 0 Å². The van der Waals surface area contributed by atoms with Crippen LogP contribution in [-0.4, -0.2) is 11.1 Å². The van der Waals surface area contributed by atoms with Crippen LogP contribution in [0.4, 0.5) is 34.1 Å². The molecule has 0 saturated heterocycles. The lowest BCUT2D eigenvalue weighted by Crippen LogP contribution is -2.60. The highest BCUT2D eigenvalue weighted by Crippen LogP contribution is 2.52. The monoisotopic (exact) mass is 639 g/mol. The van der Waals surface area contributed by atoms with Gasteiger partial charge in [0, 0.05) is 59.2 Å². The lowest BCUT2D eigenvalue weighted by molar-refractivity contribution is 1.26. The Morgan fingerprint density at radius 3 is 1.90 bits per heavy atom. The first-order valence-electron chi connectivity index (χ1n) is 16.9. The maximum absolute atomic E-state index is 2.60. The summed E-state index contributed by atoms with van der Waals surface area (Å²) in [4.78, 5) is 5.12. The maximum atomic E-state index is 2.60. The average molecular weight is 640 g/mol. The van der Waals surface area contributed by atoms with Crippen molar-refractivity contribution in [3.05, 3.63) is 158 Å². The normalized spacial score (nSPS) is 13.6. The number of hydrogen-bond acceptors (Lipinski definition) is 3. The Hall–Kier alpha value is -6.04. The molecule has 3 nitrogen and oxygen atoms in total. The van der Waals surface area contributed by atoms with Gasteiger partial charge in [-0.2, -0.15) is 0 Å². The van der Waals surface area contributed by atoms with Crippen molar-refractivity contribution in [2.75, 3.05) is 9.80 Å². The fourth-order valence-corrected chi connectivity index (χ4v) is 10.3. The summed E-state index contributed by atoms with van der Waals surface area (Å²) in [5, 5.41) is 6.48. The second-order valence-electron chi connectivity index (χ2n) is 13.3. The molecule has 49 heavy (non-hydrogen) atoms. The Bertz CT molecular complexity index is 2960. The molecule has 0 bridgehead atoms. The highest BCUT2D eigenvalue weighted by molar-refractivity contribution is 7.33. The van der Waals surface area contributed by atoms with Crippen molar-refractivity contribution in [3.8, 4) is 0 Å². The fraction of sp³-hybridized carbons (Fsp3) is 0. The molecule has 0 amide bonds. The molecule has 226 valence electrons. The molecule has 0 saturated carbocycles. The van der Waals surface area contributed by atoms with Gasteiger partial charge in [-0.25, -0.2) is 0 Å². The number of para-hydroxylation sites is 5. The lowest BCUT2D eigenvalue weighted by atomic mass is 9.36. The van der Waals surface area contributed by atoms with Gasteiger partial charge < -0.3 is 14.2 Å². The molecule has 7 aromatic carbocycles. The molecule has 0 N–H and O–H groups in total. The molecule has 5 heteroatoms. The molecule has 12 rings (SSSR count). The molecule has 0 unspecified atom stereocenters. The lowest BCUT2D eigenvalue weighted by Gasteiger charge is -2.43. The van der Waals surface area contributed by atoms with E-state index in [1.807, 2.05) is 11.3 Å². The Kier molecular flexibility index (Phi) is 4.94. The van der Waals surface area contributed by atoms with Crippen LogP contribution in [0.25, 0.3) is 48.2 Å². The molecule has 0 atom stereocenters. The summed E-state index contributed by atoms with van der Waals surface area (Å²) in [6.45, 7) is 0.0832. The zero-order valence-electron chi connectivity index (χ0n) is 26.3. The number of fused-ring (bicyclic) bond motifs is 13. The zero-order valence-corrected chi connectivity index (χ0v) is 27.2. The summed E-state index contributed by atoms with van der Waals surface area (Å²) in [5.74, 6) is 0. The van der Waals surface area contributed by atoms with Gasteiger partial charge in [0.2, 0.25) is 0 Å². The quantitative estimate of drug-likeness (QED) is 0.174. The topological polar surface area (TPSA) is 10.9 Å². The predicted molar refractivity (Wildman–Crippen MR) is 211 cm³/mol. The fourth-order valence-electron chi connectivity index (χ4n) is 9.03. The Balaban J connectivity index is 1.37. The predicted octanol–water partition coefficient (Wildman–Crippen LogP) is 10.1. The number of thiophene rings is 1. The maximum Gasteiger partial charge on any atom is 0.264 e. The standard InChI is InChI=1S/C44H26BN3S/c1-3-14-27(15-4-1)46-36-24-11-9-22-34(36)45-39-37(46)26-33-31-21-13-20-30-29-18-7-10-23-35(29)48(40(30)31)41(33)43(39)47(28-16-5-2-6-17-28)42-32-19-8-12-25-38(32)49-44(42)45/h1-26H. The van der Waals surface area contributed by atoms with E-state index in [0.29, 0.717) is 0 Å². The van der Waals surface area contributed by atoms with Crippen LogP contribution in [0.5, 0.6) is 0 Å². The first-order valence-corrected chi connectivity index (χ1v) is 17.7. The minimum atomic E-state index is 0.0832. The highest BCUT2D eigenvalue weighted by atomic mass is 32.1. The van der Waals surface area contributed by atoms with Crippen molar-refractivity contribution < 1.29 is 0 Å². The van der Waals surface area contributed by atoms with E-state index in [4.69, 9.17) is 0 Å². The summed E-state index contributed by atoms with van der Waals surface area (Å²) >= 11 is 1.95. The van der Waals surface area contributed by atoms with Crippen molar-refractivity contribution in [1.29, 1.82) is 0 Å². The zero-order chi connectivity index (χ0) is 31.8. The summed E-state index contributed by atoms with van der Waals surface area (Å²) in [5.41, 5.74) is 13.9. The number of hydrogen-bond donors (Lipinski definition) is 0. The minimum absolute atomic E-state index is 0.0832. The van der Waals surface area contributed by atoms with E-state index in [1.165, 1.54) is 98.0 Å². The number of nitrogens with zero attached hydrogens (tertiary/aromatic N) is 3. The molecule has 0 spiro atoms. The van der Waals surface area contributed by atoms with Crippen LogP contribution in [0.2, 0.25) is 0 Å². The van der Waals surface area contributed by atoms with Crippen LogP contribution in [0, 0.1) is 0 Å². The van der Waals surface area contributed by atoms with Gasteiger partial charge in [0.25, 0.3) is 6.71 Å². The molecule has 2 aliphatic heterocycles. The molecular weight excluding hydrogens is 613 g/mol. The Morgan fingerprint density at radius 2 is 1.08 bits per heavy atom. The second kappa shape index (κ2) is 9.31. The average Bonchev–Trinajstić information content (AvgIpc) is 3.83. The number of anilines is 6. The van der Waals surface area contributed by atoms with E-state index in [2.05, 4.69) is 172 Å². The Labute approximate surface area is 286 Å². The van der Waals surface area contributed by atoms with Crippen molar-refractivity contribution in [1.82, 2.24) is 4.40 Å². The van der Waals surface area contributed by atoms with Crippen molar-refractivity contribution >= 4 is 116 Å². The van der Waals surface area contributed by atoms with Gasteiger partial charge in [-0.05, 0) is 59.5 Å². The molecular formula is C44H26BN3S. The summed E-state index contributed by atoms with van der Waals surface area (Å²) in [6, 6.07) is 58.3. The highest BCUT2D eigenvalue weighted by Gasteiger charge is 2.46. The van der Waals surface area contributed by atoms with Gasteiger partial charge in [-0.1, -0.05) is 109 Å². The molecule has 0 fully saturated rings. The molecule has 3 aromatic heterocycles. The van der Waals surface area contributed by atoms with Gasteiger partial charge in [0.15, 0.2) is 0 Å². The molecule has 5 heterocycles. The third kappa shape index (κ3) is 3.19. The summed E-state index contributed by atoms with van der Waals surface area (Å²) < 4.78 is 5.29. The molecule has 10 aromatic rings. The van der Waals surface area contributed by atoms with E-state index in [1.54, 1.807) is 0 Å². The number of aromatic nitrogens is 1. The molecule has 2 aliphatic rings. The van der Waals surface area contributed by atoms with E-state index in [0.717, 1.165) is 0 Å². The van der Waals surface area contributed by atoms with E-state index >= 15 is 0 Å². The first-order chi connectivity index (χ1) is 24.4. The van der Waals surface area contributed by atoms with Crippen molar-refractivity contribution in [2.45, 2.75) is 0 Å². The second-order valence-corrected chi connectivity index (χ2v) is 14.3. The van der Waals surface area contributed by atoms with Crippen LogP contribution < -0.4 is 25.5 Å².